The predicted octanol–water partition coefficient (Wildman–Crippen LogP) is 3.28. The Kier molecular flexibility index (Phi) is 4.15. The van der Waals surface area contributed by atoms with E-state index in [0.29, 0.717) is 5.92 Å². The molecule has 0 unspecified atom stereocenters. The number of methoxy groups -OCH3 is 1. The Morgan fingerprint density at radius 3 is 2.50 bits per heavy atom. The molecule has 0 amide bonds. The van der Waals surface area contributed by atoms with Gasteiger partial charge in [-0.05, 0) is 17.7 Å². The van der Waals surface area contributed by atoms with Gasteiger partial charge >= 0.3 is 0 Å². The van der Waals surface area contributed by atoms with Gasteiger partial charge in [0.2, 0.25) is 5.13 Å². The van der Waals surface area contributed by atoms with Gasteiger partial charge in [0.1, 0.15) is 10.8 Å². The van der Waals surface area contributed by atoms with E-state index >= 15 is 0 Å². The number of nitrogens with one attached hydrogen (secondary N) is 1. The van der Waals surface area contributed by atoms with Crippen LogP contribution in [0.5, 0.6) is 5.75 Å². The highest BCUT2D eigenvalue weighted by Crippen LogP contribution is 2.22. The summed E-state index contributed by atoms with van der Waals surface area (Å²) in [7, 11) is 1.67. The van der Waals surface area contributed by atoms with Crippen LogP contribution in [0, 0.1) is 0 Å². The third-order valence-electron chi connectivity index (χ3n) is 2.54. The molecule has 0 fully saturated rings. The Labute approximate surface area is 111 Å². The molecular weight excluding hydrogens is 246 g/mol. The number of benzene rings is 1. The molecule has 0 radical (unpaired) electrons. The molecule has 0 spiro atoms. The zero-order valence-electron chi connectivity index (χ0n) is 10.8. The smallest absolute Gasteiger partial charge is 0.205 e. The van der Waals surface area contributed by atoms with E-state index in [1.165, 1.54) is 5.56 Å². The molecule has 1 heterocycles. The lowest BCUT2D eigenvalue weighted by Gasteiger charge is -2.04. The first-order chi connectivity index (χ1) is 8.69. The molecule has 0 aliphatic heterocycles. The summed E-state index contributed by atoms with van der Waals surface area (Å²) < 4.78 is 5.12. The first-order valence-corrected chi connectivity index (χ1v) is 6.71. The molecule has 4 nitrogen and oxygen atoms in total. The van der Waals surface area contributed by atoms with Crippen molar-refractivity contribution in [2.24, 2.45) is 0 Å². The fourth-order valence-electron chi connectivity index (χ4n) is 1.46. The molecule has 1 aromatic heterocycles. The number of ether oxygens (including phenoxy) is 1. The summed E-state index contributed by atoms with van der Waals surface area (Å²) in [5, 5.41) is 13.5. The van der Waals surface area contributed by atoms with Gasteiger partial charge in [-0.2, -0.15) is 0 Å². The molecule has 0 bridgehead atoms. The van der Waals surface area contributed by atoms with Crippen LogP contribution in [0.4, 0.5) is 5.13 Å². The van der Waals surface area contributed by atoms with Gasteiger partial charge in [0.05, 0.1) is 7.11 Å². The maximum absolute atomic E-state index is 5.12. The monoisotopic (exact) mass is 263 g/mol. The second-order valence-electron chi connectivity index (χ2n) is 4.30. The number of anilines is 1. The molecule has 0 aliphatic rings. The minimum absolute atomic E-state index is 0.430. The highest BCUT2D eigenvalue weighted by Gasteiger charge is 2.07. The molecule has 2 aromatic rings. The van der Waals surface area contributed by atoms with E-state index < -0.39 is 0 Å². The van der Waals surface area contributed by atoms with Gasteiger partial charge in [-0.15, -0.1) is 10.2 Å². The number of nitrogens with zero attached hydrogens (tertiary/aromatic N) is 2. The van der Waals surface area contributed by atoms with Crippen molar-refractivity contribution in [3.63, 3.8) is 0 Å². The highest BCUT2D eigenvalue weighted by molar-refractivity contribution is 7.15. The second kappa shape index (κ2) is 5.82. The number of hydrogen-bond donors (Lipinski definition) is 1. The molecule has 0 saturated carbocycles. The van der Waals surface area contributed by atoms with Crippen molar-refractivity contribution in [3.05, 3.63) is 34.8 Å². The van der Waals surface area contributed by atoms with E-state index in [9.17, 15) is 0 Å². The van der Waals surface area contributed by atoms with Crippen LogP contribution in [0.2, 0.25) is 0 Å². The molecule has 96 valence electrons. The van der Waals surface area contributed by atoms with E-state index in [1.54, 1.807) is 18.4 Å². The molecule has 5 heteroatoms. The van der Waals surface area contributed by atoms with Crippen molar-refractivity contribution < 1.29 is 4.74 Å². The van der Waals surface area contributed by atoms with Crippen LogP contribution in [-0.4, -0.2) is 17.3 Å². The lowest BCUT2D eigenvalue weighted by atomic mass is 10.2. The Bertz CT molecular complexity index is 493. The molecule has 0 atom stereocenters. The average Bonchev–Trinajstić information content (AvgIpc) is 2.86. The van der Waals surface area contributed by atoms with E-state index in [4.69, 9.17) is 4.74 Å². The van der Waals surface area contributed by atoms with Crippen LogP contribution in [0.3, 0.4) is 0 Å². The first-order valence-electron chi connectivity index (χ1n) is 5.89. The molecule has 0 aliphatic carbocycles. The fourth-order valence-corrected chi connectivity index (χ4v) is 2.20. The van der Waals surface area contributed by atoms with E-state index in [1.807, 2.05) is 24.3 Å². The van der Waals surface area contributed by atoms with Gasteiger partial charge in [0.25, 0.3) is 0 Å². The van der Waals surface area contributed by atoms with Gasteiger partial charge in [0.15, 0.2) is 0 Å². The molecule has 1 aromatic carbocycles. The predicted molar refractivity (Wildman–Crippen MR) is 74.3 cm³/mol. The van der Waals surface area contributed by atoms with Crippen molar-refractivity contribution in [3.8, 4) is 5.75 Å². The number of rotatable bonds is 5. The summed E-state index contributed by atoms with van der Waals surface area (Å²) in [6, 6.07) is 7.99. The third kappa shape index (κ3) is 3.20. The van der Waals surface area contributed by atoms with E-state index in [-0.39, 0.29) is 0 Å². The first kappa shape index (κ1) is 12.8. The normalized spacial score (nSPS) is 10.7. The quantitative estimate of drug-likeness (QED) is 0.899. The minimum atomic E-state index is 0.430. The van der Waals surface area contributed by atoms with E-state index in [0.717, 1.165) is 22.4 Å². The molecule has 0 saturated heterocycles. The van der Waals surface area contributed by atoms with Crippen LogP contribution < -0.4 is 10.1 Å². The number of hydrogen-bond acceptors (Lipinski definition) is 5. The lowest BCUT2D eigenvalue weighted by Crippen LogP contribution is -1.98. The van der Waals surface area contributed by atoms with Crippen molar-refractivity contribution in [2.75, 3.05) is 12.4 Å². The van der Waals surface area contributed by atoms with Crippen molar-refractivity contribution in [2.45, 2.75) is 26.3 Å². The molecular formula is C13H17N3OS. The lowest BCUT2D eigenvalue weighted by molar-refractivity contribution is 0.414. The van der Waals surface area contributed by atoms with Crippen LogP contribution in [0.1, 0.15) is 30.3 Å². The van der Waals surface area contributed by atoms with Crippen LogP contribution >= 0.6 is 11.3 Å². The maximum atomic E-state index is 5.12. The SMILES string of the molecule is COc1ccc(CNc2nnc(C(C)C)s2)cc1. The van der Waals surface area contributed by atoms with Crippen LogP contribution in [-0.2, 0) is 6.54 Å². The minimum Gasteiger partial charge on any atom is -0.497 e. The topological polar surface area (TPSA) is 47.0 Å². The van der Waals surface area contributed by atoms with Gasteiger partial charge < -0.3 is 10.1 Å². The Morgan fingerprint density at radius 2 is 1.94 bits per heavy atom. The van der Waals surface area contributed by atoms with Gasteiger partial charge in [0, 0.05) is 12.5 Å². The summed E-state index contributed by atoms with van der Waals surface area (Å²) in [5.74, 6) is 1.30. The summed E-state index contributed by atoms with van der Waals surface area (Å²) in [6.45, 7) is 4.98. The van der Waals surface area contributed by atoms with Crippen molar-refractivity contribution >= 4 is 16.5 Å². The van der Waals surface area contributed by atoms with Gasteiger partial charge in [-0.1, -0.05) is 37.3 Å². The van der Waals surface area contributed by atoms with E-state index in [2.05, 4.69) is 29.4 Å². The third-order valence-corrected chi connectivity index (χ3v) is 3.72. The standard InChI is InChI=1S/C13H17N3OS/c1-9(2)12-15-16-13(18-12)14-8-10-4-6-11(17-3)7-5-10/h4-7,9H,8H2,1-3H3,(H,14,16). The number of aromatic nitrogens is 2. The van der Waals surface area contributed by atoms with Crippen molar-refractivity contribution in [1.82, 2.24) is 10.2 Å². The Hall–Kier alpha value is -1.62. The van der Waals surface area contributed by atoms with Gasteiger partial charge in [-0.25, -0.2) is 0 Å². The zero-order valence-corrected chi connectivity index (χ0v) is 11.6. The molecule has 2 rings (SSSR count). The summed E-state index contributed by atoms with van der Waals surface area (Å²) in [5.41, 5.74) is 1.19. The largest absolute Gasteiger partial charge is 0.497 e. The molecule has 18 heavy (non-hydrogen) atoms. The van der Waals surface area contributed by atoms with Gasteiger partial charge in [-0.3, -0.25) is 0 Å². The average molecular weight is 263 g/mol. The Balaban J connectivity index is 1.93. The maximum Gasteiger partial charge on any atom is 0.205 e. The van der Waals surface area contributed by atoms with Crippen LogP contribution in [0.25, 0.3) is 0 Å². The summed E-state index contributed by atoms with van der Waals surface area (Å²) in [4.78, 5) is 0. The second-order valence-corrected chi connectivity index (χ2v) is 5.31. The van der Waals surface area contributed by atoms with Crippen molar-refractivity contribution in [1.29, 1.82) is 0 Å². The Morgan fingerprint density at radius 1 is 1.22 bits per heavy atom. The fraction of sp³-hybridized carbons (Fsp3) is 0.385. The molecule has 1 N–H and O–H groups in total. The highest BCUT2D eigenvalue weighted by atomic mass is 32.1. The summed E-state index contributed by atoms with van der Waals surface area (Å²) in [6.07, 6.45) is 0. The zero-order chi connectivity index (χ0) is 13.0. The summed E-state index contributed by atoms with van der Waals surface area (Å²) >= 11 is 1.61. The van der Waals surface area contributed by atoms with Crippen LogP contribution in [0.15, 0.2) is 24.3 Å².